The first-order valence-electron chi connectivity index (χ1n) is 4.84. The molecule has 1 N–H and O–H groups in total. The van der Waals surface area contributed by atoms with Crippen LogP contribution in [0.25, 0.3) is 0 Å². The van der Waals surface area contributed by atoms with Crippen LogP contribution in [0, 0.1) is 5.92 Å². The smallest absolute Gasteiger partial charge is 0.307 e. The van der Waals surface area contributed by atoms with E-state index in [0.717, 1.165) is 5.57 Å². The molecule has 0 spiro atoms. The van der Waals surface area contributed by atoms with E-state index in [9.17, 15) is 9.59 Å². The van der Waals surface area contributed by atoms with Gasteiger partial charge in [-0.05, 0) is 18.9 Å². The lowest BCUT2D eigenvalue weighted by Gasteiger charge is -2.22. The van der Waals surface area contributed by atoms with Crippen molar-refractivity contribution in [1.29, 1.82) is 0 Å². The largest absolute Gasteiger partial charge is 0.481 e. The van der Waals surface area contributed by atoms with Gasteiger partial charge in [-0.1, -0.05) is 24.8 Å². The van der Waals surface area contributed by atoms with E-state index in [0.29, 0.717) is 12.0 Å². The van der Waals surface area contributed by atoms with Crippen molar-refractivity contribution in [3.05, 3.63) is 36.0 Å². The number of aliphatic carboxylic acids is 1. The number of carbonyl (C=O) groups excluding carboxylic acids is 1. The molecule has 1 rings (SSSR count). The molecule has 0 aromatic carbocycles. The van der Waals surface area contributed by atoms with Crippen LogP contribution in [0.1, 0.15) is 19.8 Å². The number of carboxylic acid groups (broad SMARTS) is 1. The highest BCUT2D eigenvalue weighted by Gasteiger charge is 2.30. The molecule has 0 bridgehead atoms. The van der Waals surface area contributed by atoms with Crippen molar-refractivity contribution in [2.75, 3.05) is 0 Å². The second-order valence-electron chi connectivity index (χ2n) is 3.50. The van der Waals surface area contributed by atoms with Gasteiger partial charge in [0.15, 0.2) is 5.78 Å². The summed E-state index contributed by atoms with van der Waals surface area (Å²) in [5.41, 5.74) is 1.41. The van der Waals surface area contributed by atoms with E-state index in [1.807, 2.05) is 0 Å². The van der Waals surface area contributed by atoms with E-state index in [4.69, 9.17) is 5.11 Å². The number of hydrogen-bond acceptors (Lipinski definition) is 2. The summed E-state index contributed by atoms with van der Waals surface area (Å²) in [5.74, 6) is -1.59. The summed E-state index contributed by atoms with van der Waals surface area (Å²) < 4.78 is 0. The third kappa shape index (κ3) is 2.43. The zero-order valence-electron chi connectivity index (χ0n) is 8.69. The average Bonchev–Trinajstić information content (AvgIpc) is 2.17. The van der Waals surface area contributed by atoms with E-state index >= 15 is 0 Å². The van der Waals surface area contributed by atoms with E-state index < -0.39 is 11.9 Å². The maximum absolute atomic E-state index is 11.6. The standard InChI is InChI=1S/C12H14O3/c1-3-5-8-6-9(12(14)15)7-11(13)10(8)4-2/h3-5,9H,1,6-7H2,2H3,(H,14,15)/b8-5-,10-4+. The van der Waals surface area contributed by atoms with E-state index in [-0.39, 0.29) is 12.2 Å². The van der Waals surface area contributed by atoms with Gasteiger partial charge in [-0.2, -0.15) is 0 Å². The Morgan fingerprint density at radius 1 is 1.53 bits per heavy atom. The fourth-order valence-corrected chi connectivity index (χ4v) is 1.78. The predicted molar refractivity (Wildman–Crippen MR) is 57.4 cm³/mol. The Bertz CT molecular complexity index is 361. The summed E-state index contributed by atoms with van der Waals surface area (Å²) in [5, 5.41) is 8.88. The lowest BCUT2D eigenvalue weighted by Crippen LogP contribution is -2.25. The lowest BCUT2D eigenvalue weighted by atomic mass is 9.81. The minimum Gasteiger partial charge on any atom is -0.481 e. The third-order valence-electron chi connectivity index (χ3n) is 2.50. The lowest BCUT2D eigenvalue weighted by molar-refractivity contribution is -0.143. The quantitative estimate of drug-likeness (QED) is 0.704. The molecule has 1 aliphatic rings. The molecule has 0 aromatic rings. The van der Waals surface area contributed by atoms with Crippen molar-refractivity contribution in [1.82, 2.24) is 0 Å². The van der Waals surface area contributed by atoms with Gasteiger partial charge in [-0.15, -0.1) is 0 Å². The number of carbonyl (C=O) groups is 2. The second-order valence-corrected chi connectivity index (χ2v) is 3.50. The number of ketones is 1. The molecule has 3 nitrogen and oxygen atoms in total. The van der Waals surface area contributed by atoms with Gasteiger partial charge < -0.3 is 5.11 Å². The highest BCUT2D eigenvalue weighted by atomic mass is 16.4. The Hall–Kier alpha value is -1.64. The normalized spacial score (nSPS) is 27.0. The molecule has 0 aromatic heterocycles. The Kier molecular flexibility index (Phi) is 3.61. The summed E-state index contributed by atoms with van der Waals surface area (Å²) in [6.45, 7) is 5.34. The minimum atomic E-state index is -0.909. The first kappa shape index (κ1) is 11.4. The molecular formula is C12H14O3. The SMILES string of the molecule is C=C/C=C1/CC(C(=O)O)CC(=O)/C1=C/C. The fraction of sp³-hybridized carbons (Fsp3) is 0.333. The Morgan fingerprint density at radius 3 is 2.67 bits per heavy atom. The zero-order valence-corrected chi connectivity index (χ0v) is 8.69. The first-order valence-corrected chi connectivity index (χ1v) is 4.84. The minimum absolute atomic E-state index is 0.0933. The number of hydrogen-bond donors (Lipinski definition) is 1. The van der Waals surface area contributed by atoms with Crippen molar-refractivity contribution < 1.29 is 14.7 Å². The molecule has 15 heavy (non-hydrogen) atoms. The molecule has 0 amide bonds. The fourth-order valence-electron chi connectivity index (χ4n) is 1.78. The number of carboxylic acids is 1. The van der Waals surface area contributed by atoms with Gasteiger partial charge in [0.05, 0.1) is 5.92 Å². The van der Waals surface area contributed by atoms with E-state index in [2.05, 4.69) is 6.58 Å². The van der Waals surface area contributed by atoms with Crippen LogP contribution in [0.2, 0.25) is 0 Å². The van der Waals surface area contributed by atoms with Gasteiger partial charge in [0.2, 0.25) is 0 Å². The van der Waals surface area contributed by atoms with Gasteiger partial charge in [0.25, 0.3) is 0 Å². The highest BCUT2D eigenvalue weighted by Crippen LogP contribution is 2.30. The van der Waals surface area contributed by atoms with E-state index in [1.54, 1.807) is 25.2 Å². The number of rotatable bonds is 2. The van der Waals surface area contributed by atoms with Crippen molar-refractivity contribution in [3.63, 3.8) is 0 Å². The summed E-state index contributed by atoms with van der Waals surface area (Å²) in [6, 6.07) is 0. The monoisotopic (exact) mass is 206 g/mol. The Labute approximate surface area is 88.8 Å². The molecule has 80 valence electrons. The molecule has 0 saturated heterocycles. The topological polar surface area (TPSA) is 54.4 Å². The Balaban J connectivity index is 3.02. The van der Waals surface area contributed by atoms with Crippen LogP contribution in [0.3, 0.4) is 0 Å². The number of allylic oxidation sites excluding steroid dienone is 5. The van der Waals surface area contributed by atoms with Crippen LogP contribution in [-0.2, 0) is 9.59 Å². The third-order valence-corrected chi connectivity index (χ3v) is 2.50. The molecular weight excluding hydrogens is 192 g/mol. The van der Waals surface area contributed by atoms with Crippen LogP contribution < -0.4 is 0 Å². The van der Waals surface area contributed by atoms with Crippen molar-refractivity contribution >= 4 is 11.8 Å². The van der Waals surface area contributed by atoms with Gasteiger partial charge in [-0.25, -0.2) is 0 Å². The molecule has 0 aliphatic heterocycles. The zero-order chi connectivity index (χ0) is 11.4. The van der Waals surface area contributed by atoms with Crippen molar-refractivity contribution in [2.45, 2.75) is 19.8 Å². The van der Waals surface area contributed by atoms with Gasteiger partial charge >= 0.3 is 5.97 Å². The highest BCUT2D eigenvalue weighted by molar-refractivity contribution is 6.02. The van der Waals surface area contributed by atoms with E-state index in [1.165, 1.54) is 0 Å². The second kappa shape index (κ2) is 4.73. The molecule has 1 fully saturated rings. The molecule has 3 heteroatoms. The number of Topliss-reactive ketones (excluding diaryl/α,β-unsaturated/α-hetero) is 1. The van der Waals surface area contributed by atoms with Crippen LogP contribution in [0.15, 0.2) is 36.0 Å². The average molecular weight is 206 g/mol. The maximum atomic E-state index is 11.6. The summed E-state index contributed by atoms with van der Waals surface area (Å²) in [4.78, 5) is 22.4. The molecule has 1 atom stereocenters. The molecule has 1 aliphatic carbocycles. The van der Waals surface area contributed by atoms with Gasteiger partial charge in [0.1, 0.15) is 0 Å². The van der Waals surface area contributed by atoms with Crippen molar-refractivity contribution in [2.24, 2.45) is 5.92 Å². The summed E-state index contributed by atoms with van der Waals surface area (Å²) in [7, 11) is 0. The maximum Gasteiger partial charge on any atom is 0.307 e. The van der Waals surface area contributed by atoms with Crippen molar-refractivity contribution in [3.8, 4) is 0 Å². The first-order chi connectivity index (χ1) is 7.10. The molecule has 0 radical (unpaired) electrons. The van der Waals surface area contributed by atoms with Crippen LogP contribution in [0.4, 0.5) is 0 Å². The predicted octanol–water partition coefficient (Wildman–Crippen LogP) is 2.11. The summed E-state index contributed by atoms with van der Waals surface area (Å²) in [6.07, 6.45) is 5.53. The van der Waals surface area contributed by atoms with Gasteiger partial charge in [-0.3, -0.25) is 9.59 Å². The van der Waals surface area contributed by atoms with Crippen LogP contribution in [0.5, 0.6) is 0 Å². The van der Waals surface area contributed by atoms with Gasteiger partial charge in [0, 0.05) is 12.0 Å². The van der Waals surface area contributed by atoms with Crippen LogP contribution >= 0.6 is 0 Å². The summed E-state index contributed by atoms with van der Waals surface area (Å²) >= 11 is 0. The molecule has 1 saturated carbocycles. The molecule has 0 heterocycles. The Morgan fingerprint density at radius 2 is 2.20 bits per heavy atom. The van der Waals surface area contributed by atoms with Crippen LogP contribution in [-0.4, -0.2) is 16.9 Å². The molecule has 1 unspecified atom stereocenters.